The zero-order valence-corrected chi connectivity index (χ0v) is 15.5. The number of rotatable bonds is 6. The number of carbonyl (C=O) groups is 1. The highest BCUT2D eigenvalue weighted by atomic mass is 35.5. The first-order chi connectivity index (χ1) is 12.9. The molecule has 1 aliphatic heterocycles. The Kier molecular flexibility index (Phi) is 5.84. The number of aryl methyl sites for hydroxylation is 2. The Morgan fingerprint density at radius 2 is 2.07 bits per heavy atom. The van der Waals surface area contributed by atoms with Crippen molar-refractivity contribution in [3.05, 3.63) is 46.5 Å². The number of carboxylic acid groups (broad SMARTS) is 1. The molecule has 0 spiro atoms. The zero-order chi connectivity index (χ0) is 19.6. The van der Waals surface area contributed by atoms with Gasteiger partial charge in [-0.05, 0) is 30.5 Å². The number of fused-ring (bicyclic) bond motifs is 1. The molecule has 27 heavy (non-hydrogen) atoms. The first kappa shape index (κ1) is 19.4. The summed E-state index contributed by atoms with van der Waals surface area (Å²) in [7, 11) is 0. The Hall–Kier alpha value is -2.35. The Labute approximate surface area is 160 Å². The summed E-state index contributed by atoms with van der Waals surface area (Å²) < 4.78 is 30.8. The van der Waals surface area contributed by atoms with Crippen molar-refractivity contribution >= 4 is 17.7 Å². The van der Waals surface area contributed by atoms with Crippen molar-refractivity contribution < 1.29 is 23.4 Å². The van der Waals surface area contributed by atoms with Crippen LogP contribution in [0.4, 0.5) is 13.6 Å². The monoisotopic (exact) mass is 399 g/mol. The predicted octanol–water partition coefficient (Wildman–Crippen LogP) is 4.37. The number of aromatic nitrogens is 2. The third-order valence-corrected chi connectivity index (χ3v) is 4.99. The molecular weight excluding hydrogens is 380 g/mol. The maximum atomic E-state index is 12.2. The van der Waals surface area contributed by atoms with Crippen molar-refractivity contribution in [2.45, 2.75) is 45.4 Å². The Bertz CT molecular complexity index is 811. The molecule has 146 valence electrons. The van der Waals surface area contributed by atoms with E-state index in [1.165, 1.54) is 17.0 Å². The Morgan fingerprint density at radius 3 is 2.67 bits per heavy atom. The van der Waals surface area contributed by atoms with Crippen molar-refractivity contribution in [3.8, 4) is 5.75 Å². The molecule has 1 N–H and O–H groups in total. The Balaban J connectivity index is 1.79. The number of alkyl halides is 2. The average molecular weight is 400 g/mol. The molecule has 0 fully saturated rings. The van der Waals surface area contributed by atoms with Gasteiger partial charge >= 0.3 is 12.7 Å². The van der Waals surface area contributed by atoms with Gasteiger partial charge in [0.2, 0.25) is 0 Å². The number of hydrogen-bond acceptors (Lipinski definition) is 3. The van der Waals surface area contributed by atoms with Gasteiger partial charge in [-0.1, -0.05) is 30.7 Å². The molecule has 1 atom stereocenters. The maximum absolute atomic E-state index is 12.2. The number of ether oxygens (including phenoxy) is 1. The van der Waals surface area contributed by atoms with Gasteiger partial charge in [0.05, 0.1) is 11.7 Å². The first-order valence-corrected chi connectivity index (χ1v) is 9.06. The molecule has 1 amide bonds. The smallest absolute Gasteiger partial charge is 0.407 e. The van der Waals surface area contributed by atoms with Crippen molar-refractivity contribution in [1.82, 2.24) is 14.5 Å². The van der Waals surface area contributed by atoms with Gasteiger partial charge in [-0.25, -0.2) is 9.78 Å². The second-order valence-corrected chi connectivity index (χ2v) is 6.62. The van der Waals surface area contributed by atoms with Gasteiger partial charge in [0.25, 0.3) is 0 Å². The van der Waals surface area contributed by atoms with Crippen LogP contribution in [0.3, 0.4) is 0 Å². The lowest BCUT2D eigenvalue weighted by Crippen LogP contribution is -2.42. The molecule has 9 heteroatoms. The second-order valence-electron chi connectivity index (χ2n) is 6.26. The third-order valence-electron chi connectivity index (χ3n) is 4.71. The molecule has 6 nitrogen and oxygen atoms in total. The van der Waals surface area contributed by atoms with Crippen molar-refractivity contribution in [2.24, 2.45) is 0 Å². The first-order valence-electron chi connectivity index (χ1n) is 8.68. The van der Waals surface area contributed by atoms with E-state index in [2.05, 4.69) is 9.72 Å². The van der Waals surface area contributed by atoms with Gasteiger partial charge in [0.1, 0.15) is 11.6 Å². The largest absolute Gasteiger partial charge is 0.465 e. The van der Waals surface area contributed by atoms with Crippen molar-refractivity contribution in [2.75, 3.05) is 6.54 Å². The van der Waals surface area contributed by atoms with Crippen LogP contribution in [0.1, 0.15) is 36.5 Å². The fourth-order valence-corrected chi connectivity index (χ4v) is 3.82. The standard InChI is InChI=1S/C18H20ClF2N3O3/c1-2-14-22-16(19)15-13(23(18(25)26)9-10-24(14)15)8-5-11-3-6-12(7-4-11)27-17(20)21/h3-4,6-7,13,17H,2,5,8-10H2,1H3,(H,25,26). The van der Waals surface area contributed by atoms with E-state index in [9.17, 15) is 18.7 Å². The molecule has 0 aliphatic carbocycles. The number of halogens is 3. The molecule has 0 bridgehead atoms. The minimum atomic E-state index is -2.86. The molecule has 1 unspecified atom stereocenters. The van der Waals surface area contributed by atoms with Crippen LogP contribution in [0.5, 0.6) is 5.75 Å². The number of benzene rings is 1. The van der Waals surface area contributed by atoms with Crippen LogP contribution in [0.15, 0.2) is 24.3 Å². The Morgan fingerprint density at radius 1 is 1.37 bits per heavy atom. The van der Waals surface area contributed by atoms with E-state index in [0.717, 1.165) is 17.1 Å². The summed E-state index contributed by atoms with van der Waals surface area (Å²) in [6, 6.07) is 5.94. The highest BCUT2D eigenvalue weighted by Gasteiger charge is 2.34. The van der Waals surface area contributed by atoms with E-state index < -0.39 is 18.7 Å². The van der Waals surface area contributed by atoms with E-state index in [4.69, 9.17) is 11.6 Å². The summed E-state index contributed by atoms with van der Waals surface area (Å²) in [5.74, 6) is 0.936. The van der Waals surface area contributed by atoms with Crippen LogP contribution >= 0.6 is 11.6 Å². The second kappa shape index (κ2) is 8.12. The number of imidazole rings is 1. The van der Waals surface area contributed by atoms with Gasteiger partial charge in [0, 0.05) is 19.5 Å². The molecule has 2 heterocycles. The molecule has 0 saturated heterocycles. The summed E-state index contributed by atoms with van der Waals surface area (Å²) in [5, 5.41) is 9.91. The predicted molar refractivity (Wildman–Crippen MR) is 95.5 cm³/mol. The van der Waals surface area contributed by atoms with Gasteiger partial charge in [0.15, 0.2) is 5.15 Å². The van der Waals surface area contributed by atoms with E-state index in [1.54, 1.807) is 12.1 Å². The fourth-order valence-electron chi connectivity index (χ4n) is 3.49. The lowest BCUT2D eigenvalue weighted by atomic mass is 10.0. The van der Waals surface area contributed by atoms with Gasteiger partial charge in [-0.3, -0.25) is 4.90 Å². The highest BCUT2D eigenvalue weighted by molar-refractivity contribution is 6.30. The lowest BCUT2D eigenvalue weighted by molar-refractivity contribution is -0.0498. The summed E-state index contributed by atoms with van der Waals surface area (Å²) in [4.78, 5) is 17.4. The van der Waals surface area contributed by atoms with Gasteiger partial charge in [-0.15, -0.1) is 0 Å². The zero-order valence-electron chi connectivity index (χ0n) is 14.7. The third kappa shape index (κ3) is 4.16. The molecule has 0 saturated carbocycles. The molecule has 1 aliphatic rings. The van der Waals surface area contributed by atoms with Crippen molar-refractivity contribution in [3.63, 3.8) is 0 Å². The summed E-state index contributed by atoms with van der Waals surface area (Å²) >= 11 is 6.32. The van der Waals surface area contributed by atoms with Crippen LogP contribution in [0, 0.1) is 0 Å². The minimum absolute atomic E-state index is 0.0901. The molecule has 2 aromatic rings. The summed E-state index contributed by atoms with van der Waals surface area (Å²) in [6.45, 7) is 0.0136. The number of nitrogens with zero attached hydrogens (tertiary/aromatic N) is 3. The lowest BCUT2D eigenvalue weighted by Gasteiger charge is -2.35. The quantitative estimate of drug-likeness (QED) is 0.783. The van der Waals surface area contributed by atoms with Crippen LogP contribution in [0.25, 0.3) is 0 Å². The van der Waals surface area contributed by atoms with E-state index in [-0.39, 0.29) is 5.75 Å². The van der Waals surface area contributed by atoms with E-state index in [1.807, 2.05) is 11.5 Å². The molecule has 0 radical (unpaired) electrons. The normalized spacial score (nSPS) is 16.5. The molecule has 1 aromatic heterocycles. The molecular formula is C18H20ClF2N3O3. The average Bonchev–Trinajstić information content (AvgIpc) is 2.96. The van der Waals surface area contributed by atoms with E-state index >= 15 is 0 Å². The highest BCUT2D eigenvalue weighted by Crippen LogP contribution is 2.35. The van der Waals surface area contributed by atoms with Crippen LogP contribution in [0.2, 0.25) is 5.15 Å². The topological polar surface area (TPSA) is 67.6 Å². The summed E-state index contributed by atoms with van der Waals surface area (Å²) in [5.41, 5.74) is 1.62. The van der Waals surface area contributed by atoms with E-state index in [0.29, 0.717) is 37.5 Å². The maximum Gasteiger partial charge on any atom is 0.407 e. The molecule has 3 rings (SSSR count). The number of amides is 1. The van der Waals surface area contributed by atoms with Crippen LogP contribution < -0.4 is 4.74 Å². The number of hydrogen-bond donors (Lipinski definition) is 1. The fraction of sp³-hybridized carbons (Fsp3) is 0.444. The minimum Gasteiger partial charge on any atom is -0.465 e. The molecule has 1 aromatic carbocycles. The van der Waals surface area contributed by atoms with Crippen LogP contribution in [-0.4, -0.2) is 38.8 Å². The summed E-state index contributed by atoms with van der Waals surface area (Å²) in [6.07, 6.45) is 0.787. The van der Waals surface area contributed by atoms with Gasteiger partial charge < -0.3 is 14.4 Å². The van der Waals surface area contributed by atoms with Crippen LogP contribution in [-0.2, 0) is 19.4 Å². The van der Waals surface area contributed by atoms with Gasteiger partial charge in [-0.2, -0.15) is 8.78 Å². The SMILES string of the molecule is CCc1nc(Cl)c2n1CCN(C(=O)O)C2CCc1ccc(OC(F)F)cc1. The van der Waals surface area contributed by atoms with Crippen molar-refractivity contribution in [1.29, 1.82) is 0 Å².